The van der Waals surface area contributed by atoms with Crippen LogP contribution in [0.5, 0.6) is 0 Å². The maximum Gasteiger partial charge on any atom is 0.331 e. The molecule has 0 amide bonds. The minimum atomic E-state index is -0.932. The zero-order chi connectivity index (χ0) is 8.85. The van der Waals surface area contributed by atoms with Crippen molar-refractivity contribution in [1.29, 1.82) is 0 Å². The van der Waals surface area contributed by atoms with Gasteiger partial charge in [0.2, 0.25) is 0 Å². The number of carbonyl (C=O) groups is 1. The predicted octanol–water partition coefficient (Wildman–Crippen LogP) is 1.62. The van der Waals surface area contributed by atoms with Gasteiger partial charge in [-0.1, -0.05) is 6.58 Å². The smallest absolute Gasteiger partial charge is 0.331 e. The van der Waals surface area contributed by atoms with Gasteiger partial charge in [0.25, 0.3) is 0 Å². The van der Waals surface area contributed by atoms with E-state index in [1.807, 2.05) is 0 Å². The monoisotopic (exact) mass is 153 g/mol. The first kappa shape index (κ1) is 9.62. The fourth-order valence-electron chi connectivity index (χ4n) is 0.348. The fraction of sp³-hybridized carbons (Fsp3) is 0.250. The van der Waals surface area contributed by atoms with Gasteiger partial charge in [0.05, 0.1) is 0 Å². The van der Waals surface area contributed by atoms with E-state index < -0.39 is 5.97 Å². The largest absolute Gasteiger partial charge is 0.478 e. The molecule has 0 spiro atoms. The summed E-state index contributed by atoms with van der Waals surface area (Å²) < 4.78 is 0. The first-order valence-electron chi connectivity index (χ1n) is 3.14. The molecule has 0 aliphatic heterocycles. The standard InChI is InChI=1S/C8H11NO2/c1-6(2)9-5-4-7(3)8(10)11/h4-5H,1H2,2-3H3,(H,10,11)/b7-4+,9-5?. The highest BCUT2D eigenvalue weighted by Crippen LogP contribution is 1.91. The van der Waals surface area contributed by atoms with Crippen molar-refractivity contribution in [2.75, 3.05) is 0 Å². The van der Waals surface area contributed by atoms with Crippen molar-refractivity contribution in [2.24, 2.45) is 4.99 Å². The number of hydrogen-bond donors (Lipinski definition) is 1. The highest BCUT2D eigenvalue weighted by Gasteiger charge is 1.95. The molecular formula is C8H11NO2. The molecule has 1 N–H and O–H groups in total. The van der Waals surface area contributed by atoms with E-state index in [0.717, 1.165) is 0 Å². The van der Waals surface area contributed by atoms with Crippen LogP contribution in [0.4, 0.5) is 0 Å². The van der Waals surface area contributed by atoms with E-state index in [0.29, 0.717) is 5.70 Å². The summed E-state index contributed by atoms with van der Waals surface area (Å²) >= 11 is 0. The first-order chi connectivity index (χ1) is 5.04. The average molecular weight is 153 g/mol. The summed E-state index contributed by atoms with van der Waals surface area (Å²) in [7, 11) is 0. The molecule has 0 heterocycles. The Labute approximate surface area is 65.8 Å². The fourth-order valence-corrected chi connectivity index (χ4v) is 0.348. The van der Waals surface area contributed by atoms with Gasteiger partial charge in [-0.3, -0.25) is 4.99 Å². The highest BCUT2D eigenvalue weighted by atomic mass is 16.4. The van der Waals surface area contributed by atoms with Gasteiger partial charge in [-0.25, -0.2) is 4.79 Å². The molecular weight excluding hydrogens is 142 g/mol. The second-order valence-corrected chi connectivity index (χ2v) is 2.17. The lowest BCUT2D eigenvalue weighted by molar-refractivity contribution is -0.132. The van der Waals surface area contributed by atoms with Gasteiger partial charge in [-0.05, 0) is 19.9 Å². The first-order valence-corrected chi connectivity index (χ1v) is 3.14. The van der Waals surface area contributed by atoms with Crippen LogP contribution in [-0.4, -0.2) is 17.3 Å². The van der Waals surface area contributed by atoms with Crippen LogP contribution >= 0.6 is 0 Å². The summed E-state index contributed by atoms with van der Waals surface area (Å²) in [6.45, 7) is 6.77. The number of rotatable bonds is 3. The lowest BCUT2D eigenvalue weighted by Gasteiger charge is -1.87. The molecule has 0 saturated heterocycles. The van der Waals surface area contributed by atoms with Crippen molar-refractivity contribution in [3.8, 4) is 0 Å². The van der Waals surface area contributed by atoms with Crippen molar-refractivity contribution >= 4 is 12.2 Å². The summed E-state index contributed by atoms with van der Waals surface area (Å²) in [5.41, 5.74) is 0.912. The quantitative estimate of drug-likeness (QED) is 0.494. The van der Waals surface area contributed by atoms with Crippen LogP contribution < -0.4 is 0 Å². The average Bonchev–Trinajstić information content (AvgIpc) is 1.86. The molecule has 60 valence electrons. The van der Waals surface area contributed by atoms with Gasteiger partial charge in [-0.15, -0.1) is 0 Å². The molecule has 0 saturated carbocycles. The van der Waals surface area contributed by atoms with Gasteiger partial charge < -0.3 is 5.11 Å². The van der Waals surface area contributed by atoms with Crippen LogP contribution in [0.25, 0.3) is 0 Å². The van der Waals surface area contributed by atoms with Crippen LogP contribution in [0.2, 0.25) is 0 Å². The van der Waals surface area contributed by atoms with Crippen molar-refractivity contribution in [2.45, 2.75) is 13.8 Å². The van der Waals surface area contributed by atoms with Crippen molar-refractivity contribution < 1.29 is 9.90 Å². The molecule has 0 aromatic heterocycles. The van der Waals surface area contributed by atoms with Crippen molar-refractivity contribution in [1.82, 2.24) is 0 Å². The van der Waals surface area contributed by atoms with E-state index in [1.165, 1.54) is 19.2 Å². The third kappa shape index (κ3) is 5.08. The number of nitrogens with zero attached hydrogens (tertiary/aromatic N) is 1. The number of aliphatic carboxylic acids is 1. The zero-order valence-electron chi connectivity index (χ0n) is 6.66. The Morgan fingerprint density at radius 1 is 1.55 bits per heavy atom. The predicted molar refractivity (Wildman–Crippen MR) is 44.7 cm³/mol. The van der Waals surface area contributed by atoms with Gasteiger partial charge in [-0.2, -0.15) is 0 Å². The van der Waals surface area contributed by atoms with E-state index in [2.05, 4.69) is 11.6 Å². The summed E-state index contributed by atoms with van der Waals surface area (Å²) in [5.74, 6) is -0.932. The van der Waals surface area contributed by atoms with Gasteiger partial charge in [0.15, 0.2) is 0 Å². The number of allylic oxidation sites excluding steroid dienone is 2. The third-order valence-electron chi connectivity index (χ3n) is 0.957. The highest BCUT2D eigenvalue weighted by molar-refractivity contribution is 5.91. The van der Waals surface area contributed by atoms with Crippen LogP contribution in [0.1, 0.15) is 13.8 Å². The van der Waals surface area contributed by atoms with E-state index in [-0.39, 0.29) is 5.57 Å². The molecule has 0 aromatic rings. The maximum atomic E-state index is 10.2. The Bertz CT molecular complexity index is 226. The molecule has 3 heteroatoms. The topological polar surface area (TPSA) is 49.7 Å². The van der Waals surface area contributed by atoms with E-state index in [4.69, 9.17) is 5.11 Å². The summed E-state index contributed by atoms with van der Waals surface area (Å²) in [5, 5.41) is 8.39. The molecule has 3 nitrogen and oxygen atoms in total. The Morgan fingerprint density at radius 2 is 2.09 bits per heavy atom. The second kappa shape index (κ2) is 4.44. The summed E-state index contributed by atoms with van der Waals surface area (Å²) in [6.07, 6.45) is 2.85. The van der Waals surface area contributed by atoms with Crippen LogP contribution in [0.3, 0.4) is 0 Å². The summed E-state index contributed by atoms with van der Waals surface area (Å²) in [4.78, 5) is 14.0. The van der Waals surface area contributed by atoms with Crippen LogP contribution in [0.15, 0.2) is 28.9 Å². The minimum Gasteiger partial charge on any atom is -0.478 e. The van der Waals surface area contributed by atoms with Gasteiger partial charge >= 0.3 is 5.97 Å². The van der Waals surface area contributed by atoms with E-state index in [1.54, 1.807) is 6.92 Å². The Balaban J connectivity index is 4.13. The molecule has 0 atom stereocenters. The summed E-state index contributed by atoms with van der Waals surface area (Å²) in [6, 6.07) is 0. The Hall–Kier alpha value is -1.38. The number of aliphatic imine (C=N–C) groups is 1. The lowest BCUT2D eigenvalue weighted by atomic mass is 10.3. The van der Waals surface area contributed by atoms with Crippen molar-refractivity contribution in [3.63, 3.8) is 0 Å². The molecule has 0 aromatic carbocycles. The molecule has 0 rings (SSSR count). The SMILES string of the molecule is C=C(C)N=C/C=C(\C)C(=O)O. The zero-order valence-corrected chi connectivity index (χ0v) is 6.66. The molecule has 0 aliphatic carbocycles. The molecule has 0 aliphatic rings. The number of hydrogen-bond acceptors (Lipinski definition) is 2. The molecule has 0 fully saturated rings. The number of carboxylic acid groups (broad SMARTS) is 1. The van der Waals surface area contributed by atoms with E-state index in [9.17, 15) is 4.79 Å². The Morgan fingerprint density at radius 3 is 2.45 bits per heavy atom. The van der Waals surface area contributed by atoms with Crippen LogP contribution in [0, 0.1) is 0 Å². The van der Waals surface area contributed by atoms with Gasteiger partial charge in [0, 0.05) is 17.5 Å². The van der Waals surface area contributed by atoms with Crippen molar-refractivity contribution in [3.05, 3.63) is 23.9 Å². The number of carboxylic acids is 1. The molecule has 0 unspecified atom stereocenters. The minimum absolute atomic E-state index is 0.259. The van der Waals surface area contributed by atoms with Gasteiger partial charge in [0.1, 0.15) is 0 Å². The van der Waals surface area contributed by atoms with E-state index >= 15 is 0 Å². The van der Waals surface area contributed by atoms with Crippen LogP contribution in [-0.2, 0) is 4.79 Å². The lowest BCUT2D eigenvalue weighted by Crippen LogP contribution is -1.95. The maximum absolute atomic E-state index is 10.2. The molecule has 11 heavy (non-hydrogen) atoms. The Kier molecular flexibility index (Phi) is 3.88. The third-order valence-corrected chi connectivity index (χ3v) is 0.957. The molecule has 0 bridgehead atoms. The second-order valence-electron chi connectivity index (χ2n) is 2.17. The normalized spacial score (nSPS) is 12.0. The molecule has 0 radical (unpaired) electrons.